The molecule has 9 rings (SSSR count). The van der Waals surface area contributed by atoms with Crippen molar-refractivity contribution in [2.75, 3.05) is 4.90 Å². The van der Waals surface area contributed by atoms with E-state index in [-0.39, 0.29) is 5.41 Å². The Morgan fingerprint density at radius 2 is 0.967 bits per heavy atom. The van der Waals surface area contributed by atoms with Gasteiger partial charge in [0.25, 0.3) is 0 Å². The van der Waals surface area contributed by atoms with Crippen LogP contribution in [0.3, 0.4) is 0 Å². The number of benzene rings is 8. The van der Waals surface area contributed by atoms with E-state index in [0.717, 1.165) is 40.0 Å². The van der Waals surface area contributed by atoms with Crippen molar-refractivity contribution in [2.45, 2.75) is 90.4 Å². The van der Waals surface area contributed by atoms with Gasteiger partial charge in [0.2, 0.25) is 6.41 Å². The average Bonchev–Trinajstić information content (AvgIpc) is 3.58. The third kappa shape index (κ3) is 7.37. The van der Waals surface area contributed by atoms with Gasteiger partial charge < -0.3 is 0 Å². The van der Waals surface area contributed by atoms with Gasteiger partial charge in [0, 0.05) is 16.7 Å². The van der Waals surface area contributed by atoms with Crippen LogP contribution in [0.1, 0.15) is 94.7 Å². The molecule has 0 atom stereocenters. The van der Waals surface area contributed by atoms with Crippen LogP contribution >= 0.6 is 0 Å². The predicted molar refractivity (Wildman–Crippen MR) is 261 cm³/mol. The smallest absolute Gasteiger partial charge is 0.218 e. The van der Waals surface area contributed by atoms with E-state index in [1.807, 2.05) is 30.3 Å². The zero-order valence-corrected chi connectivity index (χ0v) is 36.1. The maximum absolute atomic E-state index is 12.9. The van der Waals surface area contributed by atoms with Crippen LogP contribution in [0.5, 0.6) is 0 Å². The van der Waals surface area contributed by atoms with E-state index in [1.165, 1.54) is 125 Å². The zero-order valence-electron chi connectivity index (χ0n) is 36.1. The van der Waals surface area contributed by atoms with Crippen molar-refractivity contribution in [3.63, 3.8) is 0 Å². The van der Waals surface area contributed by atoms with Gasteiger partial charge in [-0.1, -0.05) is 199 Å². The number of para-hydroxylation sites is 1. The van der Waals surface area contributed by atoms with Crippen molar-refractivity contribution < 1.29 is 4.79 Å². The largest absolute Gasteiger partial charge is 0.283 e. The number of nitrogens with zero attached hydrogens (tertiary/aromatic N) is 1. The van der Waals surface area contributed by atoms with Gasteiger partial charge in [-0.2, -0.15) is 0 Å². The molecule has 8 aromatic carbocycles. The number of carbonyl (C=O) groups excluding carboxylic acids is 1. The Balaban J connectivity index is 1.25. The highest BCUT2D eigenvalue weighted by molar-refractivity contribution is 6.22. The lowest BCUT2D eigenvalue weighted by Crippen LogP contribution is -2.25. The van der Waals surface area contributed by atoms with Crippen molar-refractivity contribution >= 4 is 39.3 Å². The summed E-state index contributed by atoms with van der Waals surface area (Å²) in [5, 5.41) is 4.96. The number of rotatable bonds is 16. The molecule has 0 saturated heterocycles. The van der Waals surface area contributed by atoms with E-state index >= 15 is 0 Å². The quantitative estimate of drug-likeness (QED) is 0.0542. The number of unbranched alkanes of at least 4 members (excludes halogenated alkanes) is 6. The summed E-state index contributed by atoms with van der Waals surface area (Å²) in [4.78, 5) is 14.7. The minimum atomic E-state index is 0.0117. The molecule has 2 nitrogen and oxygen atoms in total. The van der Waals surface area contributed by atoms with Crippen LogP contribution < -0.4 is 4.90 Å². The van der Waals surface area contributed by atoms with E-state index in [4.69, 9.17) is 0 Å². The van der Waals surface area contributed by atoms with Gasteiger partial charge >= 0.3 is 0 Å². The molecule has 0 fully saturated rings. The fourth-order valence-electron chi connectivity index (χ4n) is 10.6. The van der Waals surface area contributed by atoms with E-state index in [9.17, 15) is 4.79 Å². The van der Waals surface area contributed by atoms with Crippen molar-refractivity contribution in [3.8, 4) is 44.5 Å². The standard InChI is InChI=1S/C59H57NO/c1-4-6-8-21-37-59(38-22-9-7-5-2)54-32-20-19-27-47(54)48-35-33-44(40-55(48)59)58-51-30-17-15-28-49(51)57(50-29-16-18-31-52(50)58)43-34-36-56(60(41-61)45-24-11-10-12-25-45)53(39-43)46-26-14-13-23-42(46)3/h10-20,23-36,39-41H,4-9,21-22,37-38H2,1-3H3. The summed E-state index contributed by atoms with van der Waals surface area (Å²) in [7, 11) is 0. The molecule has 0 bridgehead atoms. The Kier molecular flexibility index (Phi) is 11.7. The third-order valence-corrected chi connectivity index (χ3v) is 13.5. The van der Waals surface area contributed by atoms with Crippen molar-refractivity contribution in [2.24, 2.45) is 0 Å². The van der Waals surface area contributed by atoms with Crippen LogP contribution in [-0.2, 0) is 10.2 Å². The number of fused-ring (bicyclic) bond motifs is 5. The highest BCUT2D eigenvalue weighted by atomic mass is 16.1. The molecule has 61 heavy (non-hydrogen) atoms. The zero-order chi connectivity index (χ0) is 41.8. The lowest BCUT2D eigenvalue weighted by molar-refractivity contribution is -0.106. The molecule has 0 aromatic heterocycles. The predicted octanol–water partition coefficient (Wildman–Crippen LogP) is 16.8. The van der Waals surface area contributed by atoms with Crippen LogP contribution in [0.15, 0.2) is 164 Å². The summed E-state index contributed by atoms with van der Waals surface area (Å²) in [5.41, 5.74) is 15.8. The number of hydrogen-bond donors (Lipinski definition) is 0. The molecular formula is C59H57NO. The molecule has 1 aliphatic rings. The molecule has 1 amide bonds. The van der Waals surface area contributed by atoms with Crippen LogP contribution in [-0.4, -0.2) is 6.41 Å². The van der Waals surface area contributed by atoms with Crippen molar-refractivity contribution in [1.82, 2.24) is 0 Å². The van der Waals surface area contributed by atoms with Gasteiger partial charge in [-0.25, -0.2) is 0 Å². The van der Waals surface area contributed by atoms with Crippen LogP contribution in [0.2, 0.25) is 0 Å². The molecule has 0 spiro atoms. The number of carbonyl (C=O) groups is 1. The SMILES string of the molecule is CCCCCCC1(CCCCCC)c2ccccc2-c2ccc(-c3c4ccccc4c(-c4ccc(N(C=O)c5ccccc5)c(-c5ccccc5C)c4)c4ccccc34)cc21. The number of hydrogen-bond acceptors (Lipinski definition) is 1. The Bertz CT molecular complexity index is 2760. The second-order valence-corrected chi connectivity index (χ2v) is 17.2. The highest BCUT2D eigenvalue weighted by Gasteiger charge is 2.42. The number of aryl methyl sites for hydroxylation is 1. The molecule has 2 heteroatoms. The lowest BCUT2D eigenvalue weighted by atomic mass is 9.70. The highest BCUT2D eigenvalue weighted by Crippen LogP contribution is 2.56. The van der Waals surface area contributed by atoms with Gasteiger partial charge in [-0.15, -0.1) is 0 Å². The summed E-state index contributed by atoms with van der Waals surface area (Å²) >= 11 is 0. The first-order valence-corrected chi connectivity index (χ1v) is 22.8. The first kappa shape index (κ1) is 40.2. The van der Waals surface area contributed by atoms with E-state index in [2.05, 4.69) is 154 Å². The van der Waals surface area contributed by atoms with Gasteiger partial charge in [0.15, 0.2) is 0 Å². The monoisotopic (exact) mass is 795 g/mol. The second kappa shape index (κ2) is 17.8. The van der Waals surface area contributed by atoms with Gasteiger partial charge in [0.05, 0.1) is 5.69 Å². The number of anilines is 2. The third-order valence-electron chi connectivity index (χ3n) is 13.5. The second-order valence-electron chi connectivity index (χ2n) is 17.2. The van der Waals surface area contributed by atoms with Crippen LogP contribution in [0.25, 0.3) is 66.1 Å². The van der Waals surface area contributed by atoms with Gasteiger partial charge in [-0.3, -0.25) is 9.69 Å². The minimum Gasteiger partial charge on any atom is -0.283 e. The summed E-state index contributed by atoms with van der Waals surface area (Å²) in [6.45, 7) is 6.79. The summed E-state index contributed by atoms with van der Waals surface area (Å²) in [5.74, 6) is 0. The van der Waals surface area contributed by atoms with Crippen LogP contribution in [0.4, 0.5) is 11.4 Å². The summed E-state index contributed by atoms with van der Waals surface area (Å²) in [6, 6.07) is 59.9. The first-order chi connectivity index (χ1) is 30.1. The fourth-order valence-corrected chi connectivity index (χ4v) is 10.6. The Labute approximate surface area is 362 Å². The van der Waals surface area contributed by atoms with Gasteiger partial charge in [-0.05, 0) is 127 Å². The molecule has 0 N–H and O–H groups in total. The lowest BCUT2D eigenvalue weighted by Gasteiger charge is -2.33. The molecule has 0 unspecified atom stereocenters. The molecule has 0 saturated carbocycles. The fraction of sp³-hybridized carbons (Fsp3) is 0.237. The molecular weight excluding hydrogens is 739 g/mol. The first-order valence-electron chi connectivity index (χ1n) is 22.8. The number of amides is 1. The summed E-state index contributed by atoms with van der Waals surface area (Å²) < 4.78 is 0. The van der Waals surface area contributed by atoms with Gasteiger partial charge in [0.1, 0.15) is 0 Å². The van der Waals surface area contributed by atoms with Crippen molar-refractivity contribution in [1.29, 1.82) is 0 Å². The Morgan fingerprint density at radius 3 is 1.56 bits per heavy atom. The van der Waals surface area contributed by atoms with Crippen molar-refractivity contribution in [3.05, 3.63) is 180 Å². The molecule has 8 aromatic rings. The minimum absolute atomic E-state index is 0.0117. The topological polar surface area (TPSA) is 20.3 Å². The molecule has 1 aliphatic carbocycles. The molecule has 0 heterocycles. The molecule has 0 radical (unpaired) electrons. The maximum atomic E-state index is 12.9. The van der Waals surface area contributed by atoms with E-state index in [1.54, 1.807) is 4.90 Å². The van der Waals surface area contributed by atoms with E-state index in [0.29, 0.717) is 0 Å². The average molecular weight is 796 g/mol. The van der Waals surface area contributed by atoms with Crippen LogP contribution in [0, 0.1) is 6.92 Å². The summed E-state index contributed by atoms with van der Waals surface area (Å²) in [6.07, 6.45) is 13.5. The van der Waals surface area contributed by atoms with E-state index < -0.39 is 0 Å². The Hall–Kier alpha value is -6.25. The molecule has 304 valence electrons. The normalized spacial score (nSPS) is 12.7. The Morgan fingerprint density at radius 1 is 0.459 bits per heavy atom. The molecule has 0 aliphatic heterocycles. The maximum Gasteiger partial charge on any atom is 0.218 e.